The number of carbonyl (C=O) groups is 5. The average Bonchev–Trinajstić information content (AvgIpc) is 4.09. The van der Waals surface area contributed by atoms with Crippen molar-refractivity contribution in [3.8, 4) is 33.6 Å². The van der Waals surface area contributed by atoms with Gasteiger partial charge in [0.2, 0.25) is 5.91 Å². The zero-order valence-corrected chi connectivity index (χ0v) is 35.7. The molecule has 4 atom stereocenters. The van der Waals surface area contributed by atoms with Crippen LogP contribution in [0.4, 0.5) is 14.4 Å². The predicted molar refractivity (Wildman–Crippen MR) is 225 cm³/mol. The van der Waals surface area contributed by atoms with Crippen molar-refractivity contribution in [3.05, 3.63) is 72.6 Å². The number of aromatic amines is 2. The summed E-state index contributed by atoms with van der Waals surface area (Å²) in [7, 11) is 3.89. The number of imidazole rings is 2. The van der Waals surface area contributed by atoms with E-state index in [4.69, 9.17) is 24.2 Å². The van der Waals surface area contributed by atoms with Gasteiger partial charge in [-0.1, -0.05) is 76.2 Å². The highest BCUT2D eigenvalue weighted by atomic mass is 16.5. The molecule has 7 rings (SSSR count). The van der Waals surface area contributed by atoms with E-state index in [1.54, 1.807) is 16.0 Å². The number of aromatic nitrogens is 4. The van der Waals surface area contributed by atoms with Crippen molar-refractivity contribution in [2.24, 2.45) is 17.3 Å². The topological polar surface area (TPSA) is 213 Å². The van der Waals surface area contributed by atoms with Gasteiger partial charge in [0.15, 0.2) is 5.78 Å². The van der Waals surface area contributed by atoms with Crippen LogP contribution in [0.25, 0.3) is 33.6 Å². The molecule has 17 nitrogen and oxygen atoms in total. The van der Waals surface area contributed by atoms with Crippen LogP contribution in [-0.4, -0.2) is 119 Å². The molecule has 3 aliphatic heterocycles. The highest BCUT2D eigenvalue weighted by molar-refractivity contribution is 5.96. The second-order valence-electron chi connectivity index (χ2n) is 17.0. The van der Waals surface area contributed by atoms with Crippen molar-refractivity contribution in [2.75, 3.05) is 47.5 Å². The fourth-order valence-corrected chi connectivity index (χ4v) is 8.93. The summed E-state index contributed by atoms with van der Waals surface area (Å²) in [6, 6.07) is 14.1. The van der Waals surface area contributed by atoms with Crippen LogP contribution in [0.1, 0.15) is 64.6 Å². The van der Waals surface area contributed by atoms with Crippen LogP contribution in [-0.2, 0) is 29.3 Å². The normalized spacial score (nSPS) is 20.3. The fourth-order valence-electron chi connectivity index (χ4n) is 8.93. The number of hydrogen-bond acceptors (Lipinski definition) is 11. The zero-order valence-electron chi connectivity index (χ0n) is 35.7. The Kier molecular flexibility index (Phi) is 12.2. The number of nitrogens with one attached hydrogen (secondary N) is 5. The molecule has 3 aliphatic rings. The predicted octanol–water partition coefficient (Wildman–Crippen LogP) is 5.38. The van der Waals surface area contributed by atoms with Gasteiger partial charge in [-0.3, -0.25) is 14.9 Å². The molecule has 4 amide bonds. The standard InChI is InChI=1S/C44H55N9O8/c1-25(2)34(50-40(56)59-5)36(54)44(17-8-18-47-44)39-46-21-32(49-39)30-15-11-28(12-16-30)27-9-13-29(14-10-27)31-20-45-37(48-31)33-19-43(22-52(23-43)42(58)61-7)24-53(33)38(55)35(26(3)4)51-41(57)60-6/h9-16,20-21,25-26,33-35,47H,8,17-19,22-24H2,1-7H3,(H,45,48)(H,46,49)(H,50,56)(H,51,57)/t33?,34-,35-,44+/m0/s1. The number of benzene rings is 2. The highest BCUT2D eigenvalue weighted by Crippen LogP contribution is 2.48. The number of rotatable bonds is 12. The summed E-state index contributed by atoms with van der Waals surface area (Å²) in [5.74, 6) is 0.363. The van der Waals surface area contributed by atoms with Crippen molar-refractivity contribution in [3.63, 3.8) is 0 Å². The third-order valence-electron chi connectivity index (χ3n) is 12.2. The maximum absolute atomic E-state index is 14.1. The Morgan fingerprint density at radius 3 is 1.79 bits per heavy atom. The largest absolute Gasteiger partial charge is 0.453 e. The number of nitrogens with zero attached hydrogens (tertiary/aromatic N) is 4. The van der Waals surface area contributed by atoms with E-state index in [-0.39, 0.29) is 28.9 Å². The molecule has 0 bridgehead atoms. The van der Waals surface area contributed by atoms with E-state index in [1.165, 1.54) is 21.3 Å². The number of H-pyrrole nitrogens is 2. The number of ether oxygens (including phenoxy) is 3. The van der Waals surface area contributed by atoms with Gasteiger partial charge >= 0.3 is 18.3 Å². The molecule has 2 aromatic carbocycles. The fraction of sp³-hybridized carbons (Fsp3) is 0.477. The number of amides is 4. The molecule has 1 unspecified atom stereocenters. The maximum Gasteiger partial charge on any atom is 0.409 e. The number of alkyl carbamates (subject to hydrolysis) is 2. The maximum atomic E-state index is 14.1. The SMILES string of the molecule is COC(=O)N[C@H](C(=O)N1CC2(CC1c1nc(-c3ccc(-c4ccc(-c5c[nH]c([C@]6(C(=O)[C@@H](NC(=O)OC)C(C)C)CCCN6)n5)cc4)cc3)c[nH]1)CN(C(=O)OC)C2)C(C)C. The van der Waals surface area contributed by atoms with Crippen LogP contribution in [0, 0.1) is 17.3 Å². The van der Waals surface area contributed by atoms with E-state index in [9.17, 15) is 24.0 Å². The Morgan fingerprint density at radius 2 is 1.26 bits per heavy atom. The average molecular weight is 838 g/mol. The summed E-state index contributed by atoms with van der Waals surface area (Å²) in [5, 5.41) is 8.81. The van der Waals surface area contributed by atoms with Crippen molar-refractivity contribution >= 4 is 30.0 Å². The van der Waals surface area contributed by atoms with Gasteiger partial charge in [-0.25, -0.2) is 24.4 Å². The third kappa shape index (κ3) is 8.43. The molecule has 5 N–H and O–H groups in total. The first-order valence-corrected chi connectivity index (χ1v) is 20.7. The van der Waals surface area contributed by atoms with E-state index < -0.39 is 41.9 Å². The first-order valence-electron chi connectivity index (χ1n) is 20.7. The molecule has 3 fully saturated rings. The summed E-state index contributed by atoms with van der Waals surface area (Å²) in [4.78, 5) is 84.6. The molecule has 5 heterocycles. The van der Waals surface area contributed by atoms with E-state index in [1.807, 2.05) is 82.4 Å². The summed E-state index contributed by atoms with van der Waals surface area (Å²) in [6.45, 7) is 9.45. The number of ketones is 1. The lowest BCUT2D eigenvalue weighted by atomic mass is 9.78. The van der Waals surface area contributed by atoms with Gasteiger partial charge in [-0.2, -0.15) is 0 Å². The number of carbonyl (C=O) groups excluding carboxylic acids is 5. The van der Waals surface area contributed by atoms with Crippen LogP contribution >= 0.6 is 0 Å². The number of hydrogen-bond donors (Lipinski definition) is 5. The molecule has 17 heteroatoms. The lowest BCUT2D eigenvalue weighted by Gasteiger charge is -2.46. The van der Waals surface area contributed by atoms with Crippen LogP contribution in [0.5, 0.6) is 0 Å². The smallest absolute Gasteiger partial charge is 0.409 e. The molecule has 4 aromatic rings. The van der Waals surface area contributed by atoms with Gasteiger partial charge < -0.3 is 44.6 Å². The lowest BCUT2D eigenvalue weighted by molar-refractivity contribution is -0.136. The van der Waals surface area contributed by atoms with E-state index in [0.717, 1.165) is 28.7 Å². The van der Waals surface area contributed by atoms with Crippen LogP contribution in [0.2, 0.25) is 0 Å². The Labute approximate surface area is 354 Å². The molecule has 0 radical (unpaired) electrons. The van der Waals surface area contributed by atoms with Crippen LogP contribution in [0.3, 0.4) is 0 Å². The van der Waals surface area contributed by atoms with E-state index in [0.29, 0.717) is 62.1 Å². The molecule has 2 aromatic heterocycles. The van der Waals surface area contributed by atoms with Crippen LogP contribution in [0.15, 0.2) is 60.9 Å². The third-order valence-corrected chi connectivity index (χ3v) is 12.2. The summed E-state index contributed by atoms with van der Waals surface area (Å²) in [5.41, 5.74) is 3.77. The monoisotopic (exact) mass is 837 g/mol. The Balaban J connectivity index is 1.06. The molecule has 3 saturated heterocycles. The minimum atomic E-state index is -1.06. The van der Waals surface area contributed by atoms with E-state index in [2.05, 4.69) is 25.9 Å². The van der Waals surface area contributed by atoms with Crippen molar-refractivity contribution in [2.45, 2.75) is 70.6 Å². The first kappa shape index (κ1) is 42.9. The van der Waals surface area contributed by atoms with Gasteiger partial charge in [-0.15, -0.1) is 0 Å². The molecule has 1 spiro atoms. The Morgan fingerprint density at radius 1 is 0.721 bits per heavy atom. The molecular formula is C44H55N9O8. The first-order chi connectivity index (χ1) is 29.2. The van der Waals surface area contributed by atoms with Gasteiger partial charge in [-0.05, 0) is 48.8 Å². The van der Waals surface area contributed by atoms with Crippen molar-refractivity contribution < 1.29 is 38.2 Å². The second kappa shape index (κ2) is 17.4. The summed E-state index contributed by atoms with van der Waals surface area (Å²) >= 11 is 0. The molecule has 0 aliphatic carbocycles. The molecule has 61 heavy (non-hydrogen) atoms. The van der Waals surface area contributed by atoms with Crippen molar-refractivity contribution in [1.82, 2.24) is 45.7 Å². The summed E-state index contributed by atoms with van der Waals surface area (Å²) in [6.07, 6.45) is 3.81. The minimum absolute atomic E-state index is 0.160. The van der Waals surface area contributed by atoms with E-state index >= 15 is 0 Å². The lowest BCUT2D eigenvalue weighted by Crippen LogP contribution is -2.60. The molecule has 0 saturated carbocycles. The Hall–Kier alpha value is -6.23. The van der Waals surface area contributed by atoms with Crippen LogP contribution < -0.4 is 16.0 Å². The quantitative estimate of drug-likeness (QED) is 0.114. The van der Waals surface area contributed by atoms with Gasteiger partial charge in [0, 0.05) is 48.6 Å². The van der Waals surface area contributed by atoms with Crippen molar-refractivity contribution in [1.29, 1.82) is 0 Å². The number of likely N-dealkylation sites (tertiary alicyclic amines) is 2. The molecule has 324 valence electrons. The van der Waals surface area contributed by atoms with Gasteiger partial charge in [0.25, 0.3) is 0 Å². The Bertz CT molecular complexity index is 2240. The number of Topliss-reactive ketones (excluding diaryl/α,β-unsaturated/α-hetero) is 1. The van der Waals surface area contributed by atoms with Gasteiger partial charge in [0.05, 0.1) is 44.8 Å². The second-order valence-corrected chi connectivity index (χ2v) is 17.0. The zero-order chi connectivity index (χ0) is 43.6. The summed E-state index contributed by atoms with van der Waals surface area (Å²) < 4.78 is 14.5. The highest BCUT2D eigenvalue weighted by Gasteiger charge is 2.56. The molecular weight excluding hydrogens is 783 g/mol. The minimum Gasteiger partial charge on any atom is -0.453 e. The van der Waals surface area contributed by atoms with Gasteiger partial charge in [0.1, 0.15) is 23.2 Å². The number of methoxy groups -OCH3 is 3.